The summed E-state index contributed by atoms with van der Waals surface area (Å²) in [4.78, 5) is 18.8. The number of aromatic carboxylic acids is 1. The Labute approximate surface area is 252 Å². The molecule has 5 heteroatoms. The van der Waals surface area contributed by atoms with E-state index in [4.69, 9.17) is 10.1 Å². The Bertz CT molecular complexity index is 1970. The number of benzene rings is 4. The molecule has 8 rings (SSSR count). The van der Waals surface area contributed by atoms with Crippen LogP contribution in [0, 0.1) is 6.07 Å². The van der Waals surface area contributed by atoms with Crippen LogP contribution in [0.1, 0.15) is 35.5 Å². The summed E-state index contributed by atoms with van der Waals surface area (Å²) in [5.74, 6) is -0.990. The van der Waals surface area contributed by atoms with Crippen molar-refractivity contribution >= 4 is 16.9 Å². The van der Waals surface area contributed by atoms with E-state index in [0.717, 1.165) is 16.8 Å². The minimum atomic E-state index is -0.990. The number of carbonyl (C=O) groups is 1. The average Bonchev–Trinajstić information content (AvgIpc) is 3.44. The number of carboxylic acids is 1. The molecule has 0 saturated carbocycles. The quantitative estimate of drug-likeness (QED) is 0.183. The first-order valence-corrected chi connectivity index (χ1v) is 13.3. The number of aromatic nitrogens is 2. The van der Waals surface area contributed by atoms with Crippen molar-refractivity contribution in [3.63, 3.8) is 0 Å². The van der Waals surface area contributed by atoms with Crippen molar-refractivity contribution < 1.29 is 30.0 Å². The van der Waals surface area contributed by atoms with Crippen LogP contribution in [0.3, 0.4) is 0 Å². The normalized spacial score (nSPS) is 12.8. The number of hydrogen-bond acceptors (Lipinski definition) is 3. The molecule has 2 aromatic heterocycles. The van der Waals surface area contributed by atoms with Crippen molar-refractivity contribution in [3.05, 3.63) is 132 Å². The van der Waals surface area contributed by atoms with Gasteiger partial charge in [0.15, 0.2) is 0 Å². The Morgan fingerprint density at radius 2 is 1.41 bits per heavy atom. The Kier molecular flexibility index (Phi) is 6.65. The minimum Gasteiger partial charge on any atom is -0.477 e. The SMILES string of the molecule is CC1(C)c2ccccc2-c2c[c-]c(-c3cc4c5c(cccc5n3)-c3ccccc3-4)cc21.O=C(O)c1ccccn1.[Ir]. The Morgan fingerprint density at radius 3 is 2.12 bits per heavy atom. The molecule has 0 amide bonds. The van der Waals surface area contributed by atoms with Gasteiger partial charge >= 0.3 is 5.97 Å². The summed E-state index contributed by atoms with van der Waals surface area (Å²) >= 11 is 0. The third-order valence-corrected chi connectivity index (χ3v) is 8.02. The summed E-state index contributed by atoms with van der Waals surface area (Å²) in [7, 11) is 0. The molecule has 0 unspecified atom stereocenters. The summed E-state index contributed by atoms with van der Waals surface area (Å²) in [5, 5.41) is 9.59. The topological polar surface area (TPSA) is 63.1 Å². The van der Waals surface area contributed by atoms with E-state index in [1.165, 1.54) is 62.2 Å². The standard InChI is InChI=1S/C30H20N.C6H5NO2.Ir/c1-30(2)25-12-6-5-10-21(25)22-15-14-18(16-26(22)30)28-17-24-20-9-4-3-8-19(20)23-11-7-13-27(31-28)29(23)24;8-6(9)5-3-1-2-4-7-5;/h3-13,15-17H,1-2H3;1-4H,(H,8,9);/q-1;;. The van der Waals surface area contributed by atoms with Gasteiger partial charge in [0, 0.05) is 31.7 Å². The zero-order valence-corrected chi connectivity index (χ0v) is 24.9. The minimum absolute atomic E-state index is 0. The molecule has 2 aliphatic carbocycles. The fraction of sp³-hybridized carbons (Fsp3) is 0.0833. The summed E-state index contributed by atoms with van der Waals surface area (Å²) in [5.41, 5.74) is 13.7. The molecule has 2 heterocycles. The number of carboxylic acid groups (broad SMARTS) is 1. The maximum absolute atomic E-state index is 10.1. The first-order chi connectivity index (χ1) is 19.4. The molecule has 2 aliphatic rings. The first kappa shape index (κ1) is 26.8. The van der Waals surface area contributed by atoms with Gasteiger partial charge in [-0.3, -0.25) is 4.98 Å². The maximum atomic E-state index is 10.1. The Balaban J connectivity index is 0.000000262. The van der Waals surface area contributed by atoms with E-state index in [2.05, 4.69) is 110 Å². The van der Waals surface area contributed by atoms with Gasteiger partial charge in [-0.15, -0.1) is 29.3 Å². The van der Waals surface area contributed by atoms with E-state index in [9.17, 15) is 4.79 Å². The van der Waals surface area contributed by atoms with E-state index < -0.39 is 5.97 Å². The molecular weight excluding hydrogens is 685 g/mol. The van der Waals surface area contributed by atoms with Crippen molar-refractivity contribution in [3.8, 4) is 44.6 Å². The van der Waals surface area contributed by atoms with Crippen molar-refractivity contribution in [1.82, 2.24) is 9.97 Å². The molecule has 6 aromatic rings. The fourth-order valence-corrected chi connectivity index (χ4v) is 6.09. The van der Waals surface area contributed by atoms with Gasteiger partial charge < -0.3 is 5.11 Å². The van der Waals surface area contributed by atoms with Gasteiger partial charge in [-0.1, -0.05) is 97.8 Å². The van der Waals surface area contributed by atoms with Crippen LogP contribution in [0.4, 0.5) is 0 Å². The van der Waals surface area contributed by atoms with Gasteiger partial charge in [-0.25, -0.2) is 9.78 Å². The van der Waals surface area contributed by atoms with E-state index in [1.807, 2.05) is 0 Å². The summed E-state index contributed by atoms with van der Waals surface area (Å²) in [6.45, 7) is 4.63. The van der Waals surface area contributed by atoms with Crippen LogP contribution in [0.5, 0.6) is 0 Å². The van der Waals surface area contributed by atoms with Crippen molar-refractivity contribution in [2.45, 2.75) is 19.3 Å². The molecule has 4 aromatic carbocycles. The summed E-state index contributed by atoms with van der Waals surface area (Å²) in [6.07, 6.45) is 1.45. The van der Waals surface area contributed by atoms with Crippen LogP contribution in [0.15, 0.2) is 109 Å². The van der Waals surface area contributed by atoms with Gasteiger partial charge in [-0.2, -0.15) is 0 Å². The molecular formula is C36H25IrN2O2-. The fourth-order valence-electron chi connectivity index (χ4n) is 6.09. The second-order valence-corrected chi connectivity index (χ2v) is 10.7. The van der Waals surface area contributed by atoms with Gasteiger partial charge in [-0.05, 0) is 57.1 Å². The van der Waals surface area contributed by atoms with E-state index in [0.29, 0.717) is 0 Å². The van der Waals surface area contributed by atoms with Gasteiger partial charge in [0.05, 0.1) is 5.52 Å². The second-order valence-electron chi connectivity index (χ2n) is 10.7. The smallest absolute Gasteiger partial charge is 0.354 e. The molecule has 0 fully saturated rings. The molecule has 0 aliphatic heterocycles. The van der Waals surface area contributed by atoms with Gasteiger partial charge in [0.1, 0.15) is 5.69 Å². The molecule has 4 nitrogen and oxygen atoms in total. The number of hydrogen-bond donors (Lipinski definition) is 1. The molecule has 0 bridgehead atoms. The largest absolute Gasteiger partial charge is 0.477 e. The first-order valence-electron chi connectivity index (χ1n) is 13.3. The Hall–Kier alpha value is -4.44. The number of pyridine rings is 2. The van der Waals surface area contributed by atoms with Crippen molar-refractivity contribution in [2.75, 3.05) is 0 Å². The van der Waals surface area contributed by atoms with Crippen molar-refractivity contribution in [2.24, 2.45) is 0 Å². The van der Waals surface area contributed by atoms with Crippen LogP contribution in [0.2, 0.25) is 0 Å². The molecule has 0 atom stereocenters. The summed E-state index contributed by atoms with van der Waals surface area (Å²) in [6, 6.07) is 38.9. The van der Waals surface area contributed by atoms with Crippen LogP contribution in [-0.2, 0) is 25.5 Å². The number of fused-ring (bicyclic) bond motifs is 6. The number of rotatable bonds is 2. The average molecular weight is 710 g/mol. The predicted octanol–water partition coefficient (Wildman–Crippen LogP) is 8.43. The van der Waals surface area contributed by atoms with Crippen molar-refractivity contribution in [1.29, 1.82) is 0 Å². The van der Waals surface area contributed by atoms with Gasteiger partial charge in [0.2, 0.25) is 0 Å². The predicted molar refractivity (Wildman–Crippen MR) is 159 cm³/mol. The van der Waals surface area contributed by atoms with Crippen LogP contribution >= 0.6 is 0 Å². The van der Waals surface area contributed by atoms with Gasteiger partial charge in [0.25, 0.3) is 0 Å². The van der Waals surface area contributed by atoms with Crippen LogP contribution in [-0.4, -0.2) is 21.0 Å². The zero-order valence-electron chi connectivity index (χ0n) is 22.5. The molecule has 1 N–H and O–H groups in total. The molecule has 41 heavy (non-hydrogen) atoms. The Morgan fingerprint density at radius 1 is 0.732 bits per heavy atom. The zero-order chi connectivity index (χ0) is 27.4. The molecule has 0 saturated heterocycles. The maximum Gasteiger partial charge on any atom is 0.354 e. The van der Waals surface area contributed by atoms with Crippen LogP contribution < -0.4 is 0 Å². The van der Waals surface area contributed by atoms with E-state index in [-0.39, 0.29) is 31.2 Å². The molecule has 201 valence electrons. The van der Waals surface area contributed by atoms with Crippen LogP contribution in [0.25, 0.3) is 55.5 Å². The van der Waals surface area contributed by atoms with E-state index >= 15 is 0 Å². The second kappa shape index (κ2) is 10.2. The summed E-state index contributed by atoms with van der Waals surface area (Å²) < 4.78 is 0. The third kappa shape index (κ3) is 4.30. The molecule has 0 spiro atoms. The third-order valence-electron chi connectivity index (χ3n) is 8.02. The van der Waals surface area contributed by atoms with E-state index in [1.54, 1.807) is 12.1 Å². The molecule has 1 radical (unpaired) electrons. The number of nitrogens with zero attached hydrogens (tertiary/aromatic N) is 2. The monoisotopic (exact) mass is 710 g/mol.